The molecule has 0 saturated carbocycles. The number of aryl methyl sites for hydroxylation is 3. The van der Waals surface area contributed by atoms with Gasteiger partial charge in [-0.1, -0.05) is 70.9 Å². The van der Waals surface area contributed by atoms with Gasteiger partial charge in [0.25, 0.3) is 0 Å². The zero-order valence-corrected chi connectivity index (χ0v) is 23.2. The van der Waals surface area contributed by atoms with E-state index in [9.17, 15) is 14.4 Å². The van der Waals surface area contributed by atoms with Crippen LogP contribution in [0.15, 0.2) is 30.3 Å². The van der Waals surface area contributed by atoms with Gasteiger partial charge in [0.2, 0.25) is 0 Å². The smallest absolute Gasteiger partial charge is 0.163 e. The molecule has 0 N–H and O–H groups in total. The number of benzene rings is 2. The van der Waals surface area contributed by atoms with E-state index in [2.05, 4.69) is 65.0 Å². The quantitative estimate of drug-likeness (QED) is 0.285. The van der Waals surface area contributed by atoms with Gasteiger partial charge in [-0.3, -0.25) is 14.4 Å². The number of fused-ring (bicyclic) bond motifs is 1. The van der Waals surface area contributed by atoms with Crippen molar-refractivity contribution in [2.24, 2.45) is 17.8 Å². The van der Waals surface area contributed by atoms with Crippen LogP contribution in [0.3, 0.4) is 0 Å². The van der Waals surface area contributed by atoms with Crippen molar-refractivity contribution in [2.45, 2.75) is 99.3 Å². The Kier molecular flexibility index (Phi) is 9.82. The first kappa shape index (κ1) is 28.0. The molecule has 0 radical (unpaired) electrons. The molecule has 2 aromatic rings. The second kappa shape index (κ2) is 12.6. The summed E-state index contributed by atoms with van der Waals surface area (Å²) in [6.45, 7) is 12.1. The SMILES string of the molecule is CCCC(CC1CC(=O)c2c(C)ccc(-c3cc(CC)ccc3CC)c2C1)C(CC)C(=O)CC(C)=O. The highest BCUT2D eigenvalue weighted by atomic mass is 16.1. The summed E-state index contributed by atoms with van der Waals surface area (Å²) in [4.78, 5) is 38.1. The van der Waals surface area contributed by atoms with Crippen LogP contribution in [0, 0.1) is 24.7 Å². The molecule has 0 saturated heterocycles. The molecule has 0 fully saturated rings. The Hall–Kier alpha value is -2.55. The first-order chi connectivity index (χ1) is 17.2. The molecule has 3 heteroatoms. The number of carbonyl (C=O) groups is 3. The minimum Gasteiger partial charge on any atom is -0.300 e. The molecule has 3 atom stereocenters. The van der Waals surface area contributed by atoms with Crippen molar-refractivity contribution in [3.63, 3.8) is 0 Å². The first-order valence-corrected chi connectivity index (χ1v) is 14.0. The molecule has 0 aromatic heterocycles. The summed E-state index contributed by atoms with van der Waals surface area (Å²) in [6.07, 6.45) is 6.96. The van der Waals surface area contributed by atoms with Crippen LogP contribution >= 0.6 is 0 Å². The van der Waals surface area contributed by atoms with Crippen molar-refractivity contribution in [3.05, 3.63) is 58.1 Å². The number of carbonyl (C=O) groups excluding carboxylic acids is 3. The highest BCUT2D eigenvalue weighted by Gasteiger charge is 2.34. The van der Waals surface area contributed by atoms with E-state index in [1.54, 1.807) is 0 Å². The Morgan fingerprint density at radius 2 is 1.72 bits per heavy atom. The van der Waals surface area contributed by atoms with E-state index in [0.29, 0.717) is 6.42 Å². The maximum Gasteiger partial charge on any atom is 0.163 e. The predicted molar refractivity (Wildman–Crippen MR) is 149 cm³/mol. The zero-order valence-electron chi connectivity index (χ0n) is 23.2. The third-order valence-electron chi connectivity index (χ3n) is 8.16. The highest BCUT2D eigenvalue weighted by molar-refractivity contribution is 6.02. The number of hydrogen-bond donors (Lipinski definition) is 0. The molecule has 3 rings (SSSR count). The van der Waals surface area contributed by atoms with Crippen LogP contribution in [0.2, 0.25) is 0 Å². The second-order valence-corrected chi connectivity index (χ2v) is 10.8. The lowest BCUT2D eigenvalue weighted by Gasteiger charge is -2.33. The number of ketones is 3. The van der Waals surface area contributed by atoms with E-state index in [1.807, 2.05) is 0 Å². The Morgan fingerprint density at radius 3 is 2.33 bits per heavy atom. The minimum absolute atomic E-state index is 0.0298. The molecular formula is C33H44O3. The molecule has 194 valence electrons. The Labute approximate surface area is 218 Å². The van der Waals surface area contributed by atoms with E-state index in [0.717, 1.165) is 56.1 Å². The molecule has 1 aliphatic carbocycles. The summed E-state index contributed by atoms with van der Waals surface area (Å²) in [5.41, 5.74) is 8.26. The third kappa shape index (κ3) is 6.22. The van der Waals surface area contributed by atoms with Gasteiger partial charge in [0.15, 0.2) is 5.78 Å². The van der Waals surface area contributed by atoms with Crippen LogP contribution in [0.4, 0.5) is 0 Å². The van der Waals surface area contributed by atoms with Gasteiger partial charge in [-0.05, 0) is 91.2 Å². The van der Waals surface area contributed by atoms with E-state index in [1.165, 1.54) is 34.7 Å². The average Bonchev–Trinajstić information content (AvgIpc) is 2.83. The van der Waals surface area contributed by atoms with Gasteiger partial charge in [-0.25, -0.2) is 0 Å². The zero-order chi connectivity index (χ0) is 26.4. The fourth-order valence-corrected chi connectivity index (χ4v) is 6.39. The van der Waals surface area contributed by atoms with Gasteiger partial charge in [-0.15, -0.1) is 0 Å². The van der Waals surface area contributed by atoms with Crippen LogP contribution in [-0.4, -0.2) is 17.3 Å². The molecule has 3 unspecified atom stereocenters. The summed E-state index contributed by atoms with van der Waals surface area (Å²) in [6, 6.07) is 11.1. The van der Waals surface area contributed by atoms with Crippen molar-refractivity contribution in [1.82, 2.24) is 0 Å². The lowest BCUT2D eigenvalue weighted by atomic mass is 9.71. The number of rotatable bonds is 12. The number of hydrogen-bond acceptors (Lipinski definition) is 3. The van der Waals surface area contributed by atoms with Gasteiger partial charge >= 0.3 is 0 Å². The summed E-state index contributed by atoms with van der Waals surface area (Å²) in [5, 5.41) is 0. The van der Waals surface area contributed by atoms with Crippen LogP contribution in [-0.2, 0) is 28.9 Å². The molecule has 3 nitrogen and oxygen atoms in total. The van der Waals surface area contributed by atoms with Crippen molar-refractivity contribution >= 4 is 17.3 Å². The standard InChI is InChI=1S/C33H44O3/c1-7-11-26(27(10-4)31(35)16-22(6)34)17-24-19-30-28(15-12-21(5)33(30)32(36)20-24)29-18-23(8-2)13-14-25(29)9-3/h12-15,18,24,26-27H,7-11,16-17,19-20H2,1-6H3. The molecule has 36 heavy (non-hydrogen) atoms. The molecule has 0 bridgehead atoms. The molecule has 0 spiro atoms. The Bertz CT molecular complexity index is 1110. The maximum absolute atomic E-state index is 13.5. The Balaban J connectivity index is 2.00. The molecule has 0 heterocycles. The first-order valence-electron chi connectivity index (χ1n) is 14.0. The molecule has 2 aromatic carbocycles. The summed E-state index contributed by atoms with van der Waals surface area (Å²) in [7, 11) is 0. The van der Waals surface area contributed by atoms with Gasteiger partial charge < -0.3 is 0 Å². The normalized spacial score (nSPS) is 16.9. The van der Waals surface area contributed by atoms with Crippen LogP contribution in [0.1, 0.15) is 106 Å². The summed E-state index contributed by atoms with van der Waals surface area (Å²) in [5.74, 6) is 0.594. The lowest BCUT2D eigenvalue weighted by molar-refractivity contribution is -0.129. The molecule has 0 aliphatic heterocycles. The topological polar surface area (TPSA) is 51.2 Å². The molecule has 1 aliphatic rings. The summed E-state index contributed by atoms with van der Waals surface area (Å²) >= 11 is 0. The van der Waals surface area contributed by atoms with Gasteiger partial charge in [0.05, 0.1) is 6.42 Å². The van der Waals surface area contributed by atoms with Crippen molar-refractivity contribution in [3.8, 4) is 11.1 Å². The van der Waals surface area contributed by atoms with Crippen molar-refractivity contribution < 1.29 is 14.4 Å². The largest absolute Gasteiger partial charge is 0.300 e. The van der Waals surface area contributed by atoms with Crippen LogP contribution < -0.4 is 0 Å². The fraction of sp³-hybridized carbons (Fsp3) is 0.545. The summed E-state index contributed by atoms with van der Waals surface area (Å²) < 4.78 is 0. The number of Topliss-reactive ketones (excluding diaryl/α,β-unsaturated/α-hetero) is 3. The average molecular weight is 489 g/mol. The lowest BCUT2D eigenvalue weighted by Crippen LogP contribution is -2.30. The fourth-order valence-electron chi connectivity index (χ4n) is 6.39. The van der Waals surface area contributed by atoms with Gasteiger partial charge in [0, 0.05) is 17.9 Å². The monoisotopic (exact) mass is 488 g/mol. The van der Waals surface area contributed by atoms with Crippen molar-refractivity contribution in [2.75, 3.05) is 0 Å². The second-order valence-electron chi connectivity index (χ2n) is 10.8. The van der Waals surface area contributed by atoms with Crippen molar-refractivity contribution in [1.29, 1.82) is 0 Å². The van der Waals surface area contributed by atoms with Crippen LogP contribution in [0.25, 0.3) is 11.1 Å². The van der Waals surface area contributed by atoms with E-state index in [4.69, 9.17) is 0 Å². The van der Waals surface area contributed by atoms with Gasteiger partial charge in [0.1, 0.15) is 11.6 Å². The van der Waals surface area contributed by atoms with E-state index < -0.39 is 0 Å². The maximum atomic E-state index is 13.5. The Morgan fingerprint density at radius 1 is 0.972 bits per heavy atom. The third-order valence-corrected chi connectivity index (χ3v) is 8.16. The highest BCUT2D eigenvalue weighted by Crippen LogP contribution is 2.41. The van der Waals surface area contributed by atoms with Gasteiger partial charge in [-0.2, -0.15) is 0 Å². The van der Waals surface area contributed by atoms with E-state index in [-0.39, 0.29) is 41.5 Å². The molecule has 0 amide bonds. The molecular weight excluding hydrogens is 444 g/mol. The predicted octanol–water partition coefficient (Wildman–Crippen LogP) is 7.91. The van der Waals surface area contributed by atoms with Crippen LogP contribution in [0.5, 0.6) is 0 Å². The van der Waals surface area contributed by atoms with E-state index >= 15 is 0 Å². The minimum atomic E-state index is -0.102.